The van der Waals surface area contributed by atoms with Crippen molar-refractivity contribution in [3.8, 4) is 0 Å². The molecule has 1 atom stereocenters. The smallest absolute Gasteiger partial charge is 0.224 e. The summed E-state index contributed by atoms with van der Waals surface area (Å²) in [5.74, 6) is 0.00959. The van der Waals surface area contributed by atoms with Gasteiger partial charge in [0, 0.05) is 31.9 Å². The highest BCUT2D eigenvalue weighted by molar-refractivity contribution is 5.90. The molecule has 1 aromatic carbocycles. The maximum Gasteiger partial charge on any atom is 0.224 e. The van der Waals surface area contributed by atoms with E-state index in [1.54, 1.807) is 18.2 Å². The Morgan fingerprint density at radius 1 is 1.24 bits per heavy atom. The average Bonchev–Trinajstić information content (AvgIpc) is 2.63. The van der Waals surface area contributed by atoms with Crippen molar-refractivity contribution in [2.75, 3.05) is 18.4 Å². The van der Waals surface area contributed by atoms with Gasteiger partial charge in [0.25, 0.3) is 0 Å². The summed E-state index contributed by atoms with van der Waals surface area (Å²) in [5, 5.41) is 2.67. The second kappa shape index (κ2) is 8.72. The van der Waals surface area contributed by atoms with Crippen LogP contribution in [0.4, 0.5) is 10.1 Å². The first-order valence-corrected chi connectivity index (χ1v) is 8.86. The van der Waals surface area contributed by atoms with Crippen LogP contribution in [0.1, 0.15) is 31.2 Å². The number of amides is 1. The second-order valence-corrected chi connectivity index (χ2v) is 6.67. The number of carbonyl (C=O) groups excluding carboxylic acids is 1. The molecule has 2 aromatic rings. The molecule has 5 heteroatoms. The first kappa shape index (κ1) is 17.5. The molecule has 0 spiro atoms. The molecule has 25 heavy (non-hydrogen) atoms. The number of nitrogens with zero attached hydrogens (tertiary/aromatic N) is 2. The number of benzene rings is 1. The number of hydrogen-bond donors (Lipinski definition) is 1. The topological polar surface area (TPSA) is 45.2 Å². The standard InChI is InChI=1S/C20H24FN3O/c21-18-5-1-2-6-19(18)23-20(25)8-7-16-4-3-13-24(14-16)15-17-9-11-22-12-10-17/h1-2,5-6,9-12,16H,3-4,7-8,13-15H2,(H,23,25)/t16-/m0/s1. The monoisotopic (exact) mass is 341 g/mol. The summed E-state index contributed by atoms with van der Waals surface area (Å²) in [6.07, 6.45) is 7.23. The number of piperidine rings is 1. The maximum absolute atomic E-state index is 13.6. The van der Waals surface area contributed by atoms with Gasteiger partial charge < -0.3 is 5.32 Å². The Morgan fingerprint density at radius 3 is 2.84 bits per heavy atom. The van der Waals surface area contributed by atoms with Gasteiger partial charge in [-0.15, -0.1) is 0 Å². The van der Waals surface area contributed by atoms with E-state index >= 15 is 0 Å². The molecular weight excluding hydrogens is 317 g/mol. The zero-order valence-electron chi connectivity index (χ0n) is 14.3. The van der Waals surface area contributed by atoms with Gasteiger partial charge in [0.15, 0.2) is 0 Å². The van der Waals surface area contributed by atoms with Crippen LogP contribution >= 0.6 is 0 Å². The minimum absolute atomic E-state index is 0.114. The molecule has 1 saturated heterocycles. The third-order valence-electron chi connectivity index (χ3n) is 4.69. The molecule has 2 heterocycles. The number of para-hydroxylation sites is 1. The third-order valence-corrected chi connectivity index (χ3v) is 4.69. The van der Waals surface area contributed by atoms with Gasteiger partial charge in [-0.2, -0.15) is 0 Å². The van der Waals surface area contributed by atoms with E-state index in [2.05, 4.69) is 15.2 Å². The maximum atomic E-state index is 13.6. The van der Waals surface area contributed by atoms with E-state index in [1.165, 1.54) is 11.6 Å². The van der Waals surface area contributed by atoms with Crippen LogP contribution in [-0.4, -0.2) is 28.9 Å². The normalized spacial score (nSPS) is 18.0. The lowest BCUT2D eigenvalue weighted by Gasteiger charge is -2.32. The highest BCUT2D eigenvalue weighted by Gasteiger charge is 2.20. The van der Waals surface area contributed by atoms with Crippen molar-refractivity contribution in [2.24, 2.45) is 5.92 Å². The Morgan fingerprint density at radius 2 is 2.04 bits per heavy atom. The van der Waals surface area contributed by atoms with Crippen molar-refractivity contribution in [3.63, 3.8) is 0 Å². The molecule has 0 radical (unpaired) electrons. The summed E-state index contributed by atoms with van der Waals surface area (Å²) in [5.41, 5.74) is 1.53. The molecule has 0 bridgehead atoms. The largest absolute Gasteiger partial charge is 0.324 e. The minimum Gasteiger partial charge on any atom is -0.324 e. The van der Waals surface area contributed by atoms with Crippen molar-refractivity contribution < 1.29 is 9.18 Å². The van der Waals surface area contributed by atoms with Gasteiger partial charge in [0.1, 0.15) is 5.82 Å². The molecule has 0 saturated carbocycles. The summed E-state index contributed by atoms with van der Waals surface area (Å²) < 4.78 is 13.6. The van der Waals surface area contributed by atoms with Gasteiger partial charge in [0.2, 0.25) is 5.91 Å². The van der Waals surface area contributed by atoms with Crippen molar-refractivity contribution in [2.45, 2.75) is 32.2 Å². The average molecular weight is 341 g/mol. The molecule has 1 fully saturated rings. The Bertz CT molecular complexity index is 692. The number of nitrogens with one attached hydrogen (secondary N) is 1. The van der Waals surface area contributed by atoms with Gasteiger partial charge >= 0.3 is 0 Å². The van der Waals surface area contributed by atoms with E-state index in [-0.39, 0.29) is 11.6 Å². The number of pyridine rings is 1. The van der Waals surface area contributed by atoms with Gasteiger partial charge in [-0.05, 0) is 61.6 Å². The number of likely N-dealkylation sites (tertiary alicyclic amines) is 1. The van der Waals surface area contributed by atoms with E-state index in [0.29, 0.717) is 12.3 Å². The second-order valence-electron chi connectivity index (χ2n) is 6.67. The van der Waals surface area contributed by atoms with E-state index in [9.17, 15) is 9.18 Å². The van der Waals surface area contributed by atoms with Crippen molar-refractivity contribution >= 4 is 11.6 Å². The summed E-state index contributed by atoms with van der Waals surface area (Å²) in [6, 6.07) is 10.4. The number of halogens is 1. The zero-order valence-corrected chi connectivity index (χ0v) is 14.3. The van der Waals surface area contributed by atoms with Crippen LogP contribution in [0.3, 0.4) is 0 Å². The Balaban J connectivity index is 1.45. The predicted octanol–water partition coefficient (Wildman–Crippen LogP) is 3.85. The Kier molecular flexibility index (Phi) is 6.12. The van der Waals surface area contributed by atoms with E-state index in [4.69, 9.17) is 0 Å². The lowest BCUT2D eigenvalue weighted by Crippen LogP contribution is -2.35. The molecule has 1 aromatic heterocycles. The Labute approximate surface area is 148 Å². The van der Waals surface area contributed by atoms with Gasteiger partial charge in [0.05, 0.1) is 5.69 Å². The van der Waals surface area contributed by atoms with Gasteiger partial charge in [-0.1, -0.05) is 12.1 Å². The first-order chi connectivity index (χ1) is 12.2. The van der Waals surface area contributed by atoms with Crippen LogP contribution < -0.4 is 5.32 Å². The Hall–Kier alpha value is -2.27. The number of hydrogen-bond acceptors (Lipinski definition) is 3. The van der Waals surface area contributed by atoms with Gasteiger partial charge in [-0.25, -0.2) is 4.39 Å². The number of carbonyl (C=O) groups is 1. The minimum atomic E-state index is -0.392. The highest BCUT2D eigenvalue weighted by Crippen LogP contribution is 2.23. The molecule has 1 aliphatic heterocycles. The fraction of sp³-hybridized carbons (Fsp3) is 0.400. The number of aromatic nitrogens is 1. The summed E-state index contributed by atoms with van der Waals surface area (Å²) >= 11 is 0. The van der Waals surface area contributed by atoms with E-state index in [0.717, 1.165) is 38.9 Å². The van der Waals surface area contributed by atoms with Gasteiger partial charge in [-0.3, -0.25) is 14.7 Å². The van der Waals surface area contributed by atoms with Crippen molar-refractivity contribution in [3.05, 3.63) is 60.2 Å². The molecule has 0 unspecified atom stereocenters. The number of rotatable bonds is 6. The molecule has 1 aliphatic rings. The quantitative estimate of drug-likeness (QED) is 0.868. The van der Waals surface area contributed by atoms with Crippen molar-refractivity contribution in [1.29, 1.82) is 0 Å². The fourth-order valence-electron chi connectivity index (χ4n) is 3.39. The zero-order chi connectivity index (χ0) is 17.5. The first-order valence-electron chi connectivity index (χ1n) is 8.86. The third kappa shape index (κ3) is 5.36. The van der Waals surface area contributed by atoms with Crippen LogP contribution in [-0.2, 0) is 11.3 Å². The molecule has 1 N–H and O–H groups in total. The van der Waals surface area contributed by atoms with Crippen LogP contribution in [0.5, 0.6) is 0 Å². The summed E-state index contributed by atoms with van der Waals surface area (Å²) in [4.78, 5) is 18.6. The van der Waals surface area contributed by atoms with Crippen LogP contribution in [0.2, 0.25) is 0 Å². The number of anilines is 1. The SMILES string of the molecule is O=C(CC[C@@H]1CCCN(Cc2ccncc2)C1)Nc1ccccc1F. The highest BCUT2D eigenvalue weighted by atomic mass is 19.1. The molecule has 1 amide bonds. The fourth-order valence-corrected chi connectivity index (χ4v) is 3.39. The van der Waals surface area contributed by atoms with Crippen LogP contribution in [0.25, 0.3) is 0 Å². The molecule has 0 aliphatic carbocycles. The van der Waals surface area contributed by atoms with E-state index < -0.39 is 5.82 Å². The van der Waals surface area contributed by atoms with Crippen molar-refractivity contribution in [1.82, 2.24) is 9.88 Å². The predicted molar refractivity (Wildman–Crippen MR) is 96.5 cm³/mol. The van der Waals surface area contributed by atoms with E-state index in [1.807, 2.05) is 24.5 Å². The van der Waals surface area contributed by atoms with Crippen LogP contribution in [0.15, 0.2) is 48.8 Å². The lowest BCUT2D eigenvalue weighted by molar-refractivity contribution is -0.116. The lowest BCUT2D eigenvalue weighted by atomic mass is 9.93. The molecule has 3 rings (SSSR count). The summed E-state index contributed by atoms with van der Waals surface area (Å²) in [6.45, 7) is 3.04. The molecular formula is C20H24FN3O. The van der Waals surface area contributed by atoms with Crippen LogP contribution in [0, 0.1) is 11.7 Å². The molecule has 4 nitrogen and oxygen atoms in total. The summed E-state index contributed by atoms with van der Waals surface area (Å²) in [7, 11) is 0. The molecule has 132 valence electrons.